The third-order valence-corrected chi connectivity index (χ3v) is 6.23. The summed E-state index contributed by atoms with van der Waals surface area (Å²) in [7, 11) is -1.96. The van der Waals surface area contributed by atoms with Crippen molar-refractivity contribution in [2.45, 2.75) is 18.4 Å². The molecular weight excluding hydrogens is 424 g/mol. The second-order valence-electron chi connectivity index (χ2n) is 4.54. The lowest BCUT2D eigenvalue weighted by Crippen LogP contribution is -2.24. The van der Waals surface area contributed by atoms with E-state index in [1.807, 2.05) is 6.92 Å². The number of hydrogen-bond donors (Lipinski definition) is 2. The van der Waals surface area contributed by atoms with Crippen LogP contribution in [0, 0.1) is 6.92 Å². The Labute approximate surface area is 140 Å². The van der Waals surface area contributed by atoms with Gasteiger partial charge in [-0.15, -0.1) is 0 Å². The first kappa shape index (κ1) is 16.5. The van der Waals surface area contributed by atoms with Gasteiger partial charge in [0.05, 0.1) is 11.1 Å². The van der Waals surface area contributed by atoms with Crippen LogP contribution in [0.4, 0.5) is 5.82 Å². The Balaban J connectivity index is 2.27. The highest BCUT2D eigenvalue weighted by Gasteiger charge is 2.19. The van der Waals surface area contributed by atoms with Gasteiger partial charge in [-0.3, -0.25) is 4.68 Å². The average Bonchev–Trinajstić information content (AvgIpc) is 2.72. The van der Waals surface area contributed by atoms with Gasteiger partial charge in [0.25, 0.3) is 0 Å². The maximum Gasteiger partial charge on any atom is 0.242 e. The molecule has 2 rings (SSSR count). The number of sulfonamides is 1. The summed E-state index contributed by atoms with van der Waals surface area (Å²) in [5, 5.41) is 3.97. The van der Waals surface area contributed by atoms with Crippen molar-refractivity contribution in [1.29, 1.82) is 0 Å². The Morgan fingerprint density at radius 3 is 2.57 bits per heavy atom. The molecule has 0 aliphatic rings. The third kappa shape index (κ3) is 3.47. The van der Waals surface area contributed by atoms with E-state index in [2.05, 4.69) is 41.7 Å². The molecule has 0 spiro atoms. The highest BCUT2D eigenvalue weighted by atomic mass is 79.9. The second-order valence-corrected chi connectivity index (χ2v) is 7.98. The van der Waals surface area contributed by atoms with Crippen LogP contribution in [0.3, 0.4) is 0 Å². The van der Waals surface area contributed by atoms with Gasteiger partial charge in [0.2, 0.25) is 10.0 Å². The monoisotopic (exact) mass is 436 g/mol. The fourth-order valence-corrected chi connectivity index (χ4v) is 4.39. The summed E-state index contributed by atoms with van der Waals surface area (Å²) in [6, 6.07) is 3.31. The van der Waals surface area contributed by atoms with Crippen LogP contribution in [0.25, 0.3) is 0 Å². The molecule has 0 saturated carbocycles. The lowest BCUT2D eigenvalue weighted by Gasteiger charge is -2.10. The maximum absolute atomic E-state index is 12.4. The lowest BCUT2D eigenvalue weighted by atomic mass is 10.2. The number of aryl methyl sites for hydroxylation is 2. The van der Waals surface area contributed by atoms with Gasteiger partial charge in [-0.05, 0) is 40.5 Å². The van der Waals surface area contributed by atoms with E-state index in [9.17, 15) is 8.42 Å². The minimum Gasteiger partial charge on any atom is -0.384 e. The van der Waals surface area contributed by atoms with Gasteiger partial charge >= 0.3 is 0 Å². The molecule has 0 atom stereocenters. The summed E-state index contributed by atoms with van der Waals surface area (Å²) in [6.45, 7) is 1.97. The van der Waals surface area contributed by atoms with E-state index >= 15 is 0 Å². The van der Waals surface area contributed by atoms with Gasteiger partial charge < -0.3 is 5.73 Å². The standard InChI is InChI=1S/C12H14Br2N4O2S/c1-7-3-10(14)11(4-9(7)13)21(19,20)17-6-8-5-16-18(2)12(8)15/h3-5,17H,6,15H2,1-2H3. The summed E-state index contributed by atoms with van der Waals surface area (Å²) in [6.07, 6.45) is 1.54. The summed E-state index contributed by atoms with van der Waals surface area (Å²) in [4.78, 5) is 0.169. The minimum absolute atomic E-state index is 0.0833. The Kier molecular flexibility index (Phi) is 4.76. The zero-order valence-electron chi connectivity index (χ0n) is 11.4. The number of rotatable bonds is 4. The van der Waals surface area contributed by atoms with Crippen molar-refractivity contribution in [3.63, 3.8) is 0 Å². The van der Waals surface area contributed by atoms with Gasteiger partial charge in [0, 0.05) is 28.1 Å². The molecule has 0 aliphatic heterocycles. The van der Waals surface area contributed by atoms with Crippen LogP contribution in [0.1, 0.15) is 11.1 Å². The van der Waals surface area contributed by atoms with Crippen molar-refractivity contribution in [3.8, 4) is 0 Å². The zero-order chi connectivity index (χ0) is 15.8. The van der Waals surface area contributed by atoms with Crippen molar-refractivity contribution < 1.29 is 8.42 Å². The largest absolute Gasteiger partial charge is 0.384 e. The molecule has 1 aromatic carbocycles. The third-order valence-electron chi connectivity index (χ3n) is 3.02. The molecule has 3 N–H and O–H groups in total. The van der Waals surface area contributed by atoms with E-state index in [0.29, 0.717) is 15.9 Å². The van der Waals surface area contributed by atoms with E-state index in [-0.39, 0.29) is 11.4 Å². The molecule has 9 heteroatoms. The molecule has 0 unspecified atom stereocenters. The molecule has 0 amide bonds. The number of benzene rings is 1. The predicted molar refractivity (Wildman–Crippen MR) is 88.2 cm³/mol. The molecule has 0 bridgehead atoms. The molecule has 0 radical (unpaired) electrons. The van der Waals surface area contributed by atoms with Crippen molar-refractivity contribution in [2.75, 3.05) is 5.73 Å². The van der Waals surface area contributed by atoms with E-state index < -0.39 is 10.0 Å². The molecule has 0 saturated heterocycles. The second kappa shape index (κ2) is 6.07. The van der Waals surface area contributed by atoms with E-state index in [1.54, 1.807) is 19.2 Å². The number of aromatic nitrogens is 2. The lowest BCUT2D eigenvalue weighted by molar-refractivity contribution is 0.581. The number of nitrogens with zero attached hydrogens (tertiary/aromatic N) is 2. The number of hydrogen-bond acceptors (Lipinski definition) is 4. The highest BCUT2D eigenvalue weighted by molar-refractivity contribution is 9.11. The molecule has 6 nitrogen and oxygen atoms in total. The predicted octanol–water partition coefficient (Wildman–Crippen LogP) is 2.31. The van der Waals surface area contributed by atoms with Crippen LogP contribution in [-0.2, 0) is 23.6 Å². The van der Waals surface area contributed by atoms with Crippen LogP contribution in [-0.4, -0.2) is 18.2 Å². The normalized spacial score (nSPS) is 11.8. The summed E-state index contributed by atoms with van der Waals surface area (Å²) in [5.74, 6) is 0.432. The van der Waals surface area contributed by atoms with Crippen LogP contribution in [0.15, 0.2) is 32.2 Å². The smallest absolute Gasteiger partial charge is 0.242 e. The molecule has 0 aliphatic carbocycles. The first-order chi connectivity index (χ1) is 9.72. The highest BCUT2D eigenvalue weighted by Crippen LogP contribution is 2.28. The Hall–Kier alpha value is -0.900. The van der Waals surface area contributed by atoms with Gasteiger partial charge in [-0.2, -0.15) is 5.10 Å². The van der Waals surface area contributed by atoms with Crippen LogP contribution in [0.5, 0.6) is 0 Å². The fraction of sp³-hybridized carbons (Fsp3) is 0.250. The summed E-state index contributed by atoms with van der Waals surface area (Å²) < 4.78 is 30.0. The Morgan fingerprint density at radius 2 is 2.00 bits per heavy atom. The molecule has 2 aromatic rings. The van der Waals surface area contributed by atoms with E-state index in [1.165, 1.54) is 10.9 Å². The first-order valence-electron chi connectivity index (χ1n) is 5.94. The Bertz CT molecular complexity index is 787. The van der Waals surface area contributed by atoms with Gasteiger partial charge in [-0.25, -0.2) is 13.1 Å². The molecular formula is C12H14Br2N4O2S. The number of nitrogens with two attached hydrogens (primary N) is 1. The number of halogens is 2. The fourth-order valence-electron chi connectivity index (χ4n) is 1.71. The van der Waals surface area contributed by atoms with Crippen molar-refractivity contribution in [3.05, 3.63) is 38.4 Å². The minimum atomic E-state index is -3.66. The first-order valence-corrected chi connectivity index (χ1v) is 9.01. The van der Waals surface area contributed by atoms with Gasteiger partial charge in [-0.1, -0.05) is 15.9 Å². The molecule has 1 heterocycles. The number of nitrogens with one attached hydrogen (secondary N) is 1. The van der Waals surface area contributed by atoms with Crippen LogP contribution < -0.4 is 10.5 Å². The van der Waals surface area contributed by atoms with E-state index in [4.69, 9.17) is 5.73 Å². The van der Waals surface area contributed by atoms with Crippen LogP contribution >= 0.6 is 31.9 Å². The van der Waals surface area contributed by atoms with Gasteiger partial charge in [0.15, 0.2) is 0 Å². The van der Waals surface area contributed by atoms with Crippen molar-refractivity contribution in [2.24, 2.45) is 7.05 Å². The van der Waals surface area contributed by atoms with Crippen molar-refractivity contribution in [1.82, 2.24) is 14.5 Å². The molecule has 21 heavy (non-hydrogen) atoms. The SMILES string of the molecule is Cc1cc(Br)c(S(=O)(=O)NCc2cnn(C)c2N)cc1Br. The Morgan fingerprint density at radius 1 is 1.33 bits per heavy atom. The van der Waals surface area contributed by atoms with Crippen molar-refractivity contribution >= 4 is 47.7 Å². The number of anilines is 1. The molecule has 1 aromatic heterocycles. The molecule has 0 fully saturated rings. The molecule has 114 valence electrons. The summed E-state index contributed by atoms with van der Waals surface area (Å²) >= 11 is 6.62. The van der Waals surface area contributed by atoms with Crippen LogP contribution in [0.2, 0.25) is 0 Å². The van der Waals surface area contributed by atoms with E-state index in [0.717, 1.165) is 10.0 Å². The summed E-state index contributed by atoms with van der Waals surface area (Å²) in [5.41, 5.74) is 7.36. The zero-order valence-corrected chi connectivity index (χ0v) is 15.4. The average molecular weight is 438 g/mol. The maximum atomic E-state index is 12.4. The van der Waals surface area contributed by atoms with Gasteiger partial charge in [0.1, 0.15) is 5.82 Å². The topological polar surface area (TPSA) is 90.0 Å². The quantitative estimate of drug-likeness (QED) is 0.767. The number of nitrogen functional groups attached to an aromatic ring is 1.